The fourth-order valence-electron chi connectivity index (χ4n) is 3.52. The standard InChI is InChI=1S/C26H26N2O4/c1-19-6-5-7-22(18-19)32-17-16-31-15-14-28-25(20-10-12-21(30-2)13-11-20)27-24-9-4-3-8-23(24)26(28)29/h3-13,18H,14-17H2,1-2H3. The Bertz CT molecular complexity index is 1250. The molecule has 1 heterocycles. The van der Waals surface area contributed by atoms with Gasteiger partial charge in [-0.2, -0.15) is 0 Å². The third-order valence-electron chi connectivity index (χ3n) is 5.16. The maximum atomic E-state index is 13.2. The van der Waals surface area contributed by atoms with Gasteiger partial charge in [-0.3, -0.25) is 9.36 Å². The van der Waals surface area contributed by atoms with Crippen LogP contribution in [0.5, 0.6) is 11.5 Å². The number of fused-ring (bicyclic) bond motifs is 1. The van der Waals surface area contributed by atoms with Crippen molar-refractivity contribution in [1.82, 2.24) is 9.55 Å². The molecule has 0 spiro atoms. The van der Waals surface area contributed by atoms with Gasteiger partial charge in [0.2, 0.25) is 0 Å². The summed E-state index contributed by atoms with van der Waals surface area (Å²) in [6.45, 7) is 3.67. The normalized spacial score (nSPS) is 10.9. The van der Waals surface area contributed by atoms with Crippen LogP contribution in [0.25, 0.3) is 22.3 Å². The SMILES string of the molecule is COc1ccc(-c2nc3ccccc3c(=O)n2CCOCCOc2cccc(C)c2)cc1. The first kappa shape index (κ1) is 21.6. The highest BCUT2D eigenvalue weighted by molar-refractivity contribution is 5.79. The van der Waals surface area contributed by atoms with Gasteiger partial charge in [-0.15, -0.1) is 0 Å². The molecule has 3 aromatic carbocycles. The second kappa shape index (κ2) is 10.1. The van der Waals surface area contributed by atoms with E-state index in [0.717, 1.165) is 22.6 Å². The average Bonchev–Trinajstić information content (AvgIpc) is 2.82. The van der Waals surface area contributed by atoms with Gasteiger partial charge in [0.15, 0.2) is 0 Å². The molecule has 0 radical (unpaired) electrons. The summed E-state index contributed by atoms with van der Waals surface area (Å²) in [5, 5.41) is 0.590. The maximum absolute atomic E-state index is 13.2. The van der Waals surface area contributed by atoms with Crippen LogP contribution in [-0.4, -0.2) is 36.5 Å². The molecule has 6 heteroatoms. The first-order valence-corrected chi connectivity index (χ1v) is 10.6. The first-order valence-electron chi connectivity index (χ1n) is 10.6. The van der Waals surface area contributed by atoms with Crippen LogP contribution in [0, 0.1) is 6.92 Å². The van der Waals surface area contributed by atoms with E-state index in [4.69, 9.17) is 19.2 Å². The molecule has 4 rings (SSSR count). The van der Waals surface area contributed by atoms with E-state index in [1.54, 1.807) is 17.7 Å². The Morgan fingerprint density at radius 3 is 2.47 bits per heavy atom. The monoisotopic (exact) mass is 430 g/mol. The minimum Gasteiger partial charge on any atom is -0.497 e. The summed E-state index contributed by atoms with van der Waals surface area (Å²) in [5.74, 6) is 2.18. The molecule has 0 saturated heterocycles. The lowest BCUT2D eigenvalue weighted by atomic mass is 10.1. The van der Waals surface area contributed by atoms with E-state index in [9.17, 15) is 4.79 Å². The van der Waals surface area contributed by atoms with Crippen LogP contribution in [0.1, 0.15) is 5.56 Å². The van der Waals surface area contributed by atoms with Crippen LogP contribution in [0.2, 0.25) is 0 Å². The molecule has 0 atom stereocenters. The van der Waals surface area contributed by atoms with E-state index >= 15 is 0 Å². The largest absolute Gasteiger partial charge is 0.497 e. The van der Waals surface area contributed by atoms with Crippen molar-refractivity contribution in [2.24, 2.45) is 0 Å². The van der Waals surface area contributed by atoms with Crippen molar-refractivity contribution in [2.75, 3.05) is 26.9 Å². The third kappa shape index (κ3) is 4.98. The van der Waals surface area contributed by atoms with Crippen LogP contribution in [-0.2, 0) is 11.3 Å². The van der Waals surface area contributed by atoms with Crippen LogP contribution < -0.4 is 15.0 Å². The number of para-hydroxylation sites is 1. The van der Waals surface area contributed by atoms with Crippen molar-refractivity contribution in [3.63, 3.8) is 0 Å². The molecule has 0 unspecified atom stereocenters. The molecule has 164 valence electrons. The minimum absolute atomic E-state index is 0.0824. The number of aromatic nitrogens is 2. The molecule has 0 N–H and O–H groups in total. The Morgan fingerprint density at radius 2 is 1.69 bits per heavy atom. The highest BCUT2D eigenvalue weighted by Crippen LogP contribution is 2.22. The maximum Gasteiger partial charge on any atom is 0.261 e. The average molecular weight is 431 g/mol. The third-order valence-corrected chi connectivity index (χ3v) is 5.16. The molecule has 0 saturated carbocycles. The zero-order chi connectivity index (χ0) is 22.3. The lowest BCUT2D eigenvalue weighted by molar-refractivity contribution is 0.0940. The highest BCUT2D eigenvalue weighted by atomic mass is 16.5. The summed E-state index contributed by atoms with van der Waals surface area (Å²) >= 11 is 0. The fourth-order valence-corrected chi connectivity index (χ4v) is 3.52. The summed E-state index contributed by atoms with van der Waals surface area (Å²) in [5.41, 5.74) is 2.59. The van der Waals surface area contributed by atoms with Gasteiger partial charge >= 0.3 is 0 Å². The molecular weight excluding hydrogens is 404 g/mol. The Morgan fingerprint density at radius 1 is 0.875 bits per heavy atom. The second-order valence-corrected chi connectivity index (χ2v) is 7.42. The zero-order valence-electron chi connectivity index (χ0n) is 18.3. The molecule has 0 fully saturated rings. The van der Waals surface area contributed by atoms with Crippen LogP contribution >= 0.6 is 0 Å². The van der Waals surface area contributed by atoms with Crippen molar-refractivity contribution in [3.8, 4) is 22.9 Å². The number of ether oxygens (including phenoxy) is 3. The molecule has 6 nitrogen and oxygen atoms in total. The summed E-state index contributed by atoms with van der Waals surface area (Å²) in [6, 6.07) is 22.8. The molecular formula is C26H26N2O4. The highest BCUT2D eigenvalue weighted by Gasteiger charge is 2.13. The van der Waals surface area contributed by atoms with Gasteiger partial charge in [0.1, 0.15) is 23.9 Å². The van der Waals surface area contributed by atoms with Crippen molar-refractivity contribution < 1.29 is 14.2 Å². The molecule has 0 aliphatic heterocycles. The molecule has 0 amide bonds. The zero-order valence-corrected chi connectivity index (χ0v) is 18.3. The predicted octanol–water partition coefficient (Wildman–Crippen LogP) is 4.48. The summed E-state index contributed by atoms with van der Waals surface area (Å²) in [6.07, 6.45) is 0. The summed E-state index contributed by atoms with van der Waals surface area (Å²) in [4.78, 5) is 18.0. The van der Waals surface area contributed by atoms with Gasteiger partial charge in [-0.25, -0.2) is 4.98 Å². The molecule has 0 bridgehead atoms. The molecule has 0 aliphatic rings. The Labute approximate surface area is 187 Å². The van der Waals surface area contributed by atoms with E-state index < -0.39 is 0 Å². The van der Waals surface area contributed by atoms with E-state index in [1.165, 1.54) is 0 Å². The summed E-state index contributed by atoms with van der Waals surface area (Å²) < 4.78 is 18.4. The molecule has 1 aromatic heterocycles. The quantitative estimate of drug-likeness (QED) is 0.367. The topological polar surface area (TPSA) is 62.6 Å². The van der Waals surface area contributed by atoms with Crippen molar-refractivity contribution in [3.05, 3.63) is 88.7 Å². The van der Waals surface area contributed by atoms with E-state index in [0.29, 0.717) is 43.1 Å². The van der Waals surface area contributed by atoms with Crippen LogP contribution in [0.3, 0.4) is 0 Å². The van der Waals surface area contributed by atoms with Crippen molar-refractivity contribution in [1.29, 1.82) is 0 Å². The molecule has 32 heavy (non-hydrogen) atoms. The lowest BCUT2D eigenvalue weighted by Crippen LogP contribution is -2.26. The van der Waals surface area contributed by atoms with Gasteiger partial charge in [0, 0.05) is 5.56 Å². The number of nitrogens with zero attached hydrogens (tertiary/aromatic N) is 2. The van der Waals surface area contributed by atoms with Crippen LogP contribution in [0.4, 0.5) is 0 Å². The Hall–Kier alpha value is -3.64. The van der Waals surface area contributed by atoms with Crippen LogP contribution in [0.15, 0.2) is 77.6 Å². The van der Waals surface area contributed by atoms with E-state index in [1.807, 2.05) is 73.7 Å². The van der Waals surface area contributed by atoms with Gasteiger partial charge in [-0.1, -0.05) is 24.3 Å². The van der Waals surface area contributed by atoms with Gasteiger partial charge in [0.25, 0.3) is 5.56 Å². The second-order valence-electron chi connectivity index (χ2n) is 7.42. The minimum atomic E-state index is -0.0824. The Balaban J connectivity index is 1.48. The number of benzene rings is 3. The summed E-state index contributed by atoms with van der Waals surface area (Å²) in [7, 11) is 1.62. The number of hydrogen-bond donors (Lipinski definition) is 0. The van der Waals surface area contributed by atoms with Gasteiger partial charge in [0.05, 0.1) is 37.8 Å². The van der Waals surface area contributed by atoms with Gasteiger partial charge in [-0.05, 0) is 61.0 Å². The number of hydrogen-bond acceptors (Lipinski definition) is 5. The van der Waals surface area contributed by atoms with Gasteiger partial charge < -0.3 is 14.2 Å². The molecule has 0 aliphatic carbocycles. The van der Waals surface area contributed by atoms with Crippen molar-refractivity contribution >= 4 is 10.9 Å². The smallest absolute Gasteiger partial charge is 0.261 e. The number of rotatable bonds is 9. The fraction of sp³-hybridized carbons (Fsp3) is 0.231. The first-order chi connectivity index (χ1) is 15.7. The predicted molar refractivity (Wildman–Crippen MR) is 125 cm³/mol. The lowest BCUT2D eigenvalue weighted by Gasteiger charge is -2.14. The van der Waals surface area contributed by atoms with Crippen molar-refractivity contribution in [2.45, 2.75) is 13.5 Å². The number of aryl methyl sites for hydroxylation is 1. The molecule has 4 aromatic rings. The Kier molecular flexibility index (Phi) is 6.82. The van der Waals surface area contributed by atoms with E-state index in [-0.39, 0.29) is 5.56 Å². The van der Waals surface area contributed by atoms with E-state index in [2.05, 4.69) is 0 Å². The number of methoxy groups -OCH3 is 1.